The van der Waals surface area contributed by atoms with Crippen molar-refractivity contribution in [1.82, 2.24) is 0 Å². The zero-order valence-electron chi connectivity index (χ0n) is 15.7. The second kappa shape index (κ2) is 6.83. The number of benzene rings is 2. The van der Waals surface area contributed by atoms with Gasteiger partial charge < -0.3 is 9.47 Å². The standard InChI is InChI=1S/C22H14BrClN4O2/c1-13-21(12-27)19(28)30-22(13,15-3-2-4-17(24)9-15)29-18(20(21,10-25)11-26)14-5-7-16(23)8-6-14/h2-9,13,18,28H,1H3. The molecule has 30 heavy (non-hydrogen) atoms. The molecule has 1 N–H and O–H groups in total. The number of rotatable bonds is 2. The second-order valence-corrected chi connectivity index (χ2v) is 8.68. The summed E-state index contributed by atoms with van der Waals surface area (Å²) in [6.07, 6.45) is -1.14. The van der Waals surface area contributed by atoms with E-state index in [1.54, 1.807) is 55.5 Å². The van der Waals surface area contributed by atoms with Gasteiger partial charge in [-0.3, -0.25) is 5.41 Å². The van der Waals surface area contributed by atoms with Crippen molar-refractivity contribution in [3.63, 3.8) is 0 Å². The van der Waals surface area contributed by atoms with E-state index in [1.165, 1.54) is 0 Å². The summed E-state index contributed by atoms with van der Waals surface area (Å²) in [6.45, 7) is 1.66. The molecule has 0 aromatic heterocycles. The molecule has 0 aliphatic carbocycles. The van der Waals surface area contributed by atoms with Gasteiger partial charge in [-0.25, -0.2) is 0 Å². The minimum Gasteiger partial charge on any atom is -0.443 e. The highest BCUT2D eigenvalue weighted by molar-refractivity contribution is 9.10. The quantitative estimate of drug-likeness (QED) is 0.632. The molecule has 4 atom stereocenters. The molecule has 2 fully saturated rings. The number of hydrogen-bond acceptors (Lipinski definition) is 6. The summed E-state index contributed by atoms with van der Waals surface area (Å²) < 4.78 is 13.1. The highest BCUT2D eigenvalue weighted by atomic mass is 79.9. The van der Waals surface area contributed by atoms with Gasteiger partial charge in [0.1, 0.15) is 6.10 Å². The van der Waals surface area contributed by atoms with Crippen LogP contribution in [-0.4, -0.2) is 5.90 Å². The Balaban J connectivity index is 2.04. The van der Waals surface area contributed by atoms with Crippen LogP contribution in [0.2, 0.25) is 5.02 Å². The van der Waals surface area contributed by atoms with Gasteiger partial charge in [-0.05, 0) is 29.8 Å². The van der Waals surface area contributed by atoms with Crippen molar-refractivity contribution in [1.29, 1.82) is 21.2 Å². The normalized spacial score (nSPS) is 31.1. The van der Waals surface area contributed by atoms with E-state index in [9.17, 15) is 15.8 Å². The van der Waals surface area contributed by atoms with Gasteiger partial charge in [0.2, 0.25) is 17.1 Å². The minimum atomic E-state index is -2.00. The summed E-state index contributed by atoms with van der Waals surface area (Å²) in [5.74, 6) is -2.83. The maximum Gasteiger partial charge on any atom is 0.244 e. The fourth-order valence-electron chi connectivity index (χ4n) is 4.51. The number of hydrogen-bond donors (Lipinski definition) is 1. The molecular formula is C22H14BrClN4O2. The summed E-state index contributed by atoms with van der Waals surface area (Å²) in [5.41, 5.74) is -2.80. The summed E-state index contributed by atoms with van der Waals surface area (Å²) in [6, 6.07) is 19.9. The molecule has 2 aliphatic heterocycles. The summed E-state index contributed by atoms with van der Waals surface area (Å²) in [7, 11) is 0. The third-order valence-corrected chi connectivity index (χ3v) is 6.83. The number of fused-ring (bicyclic) bond motifs is 2. The van der Waals surface area contributed by atoms with Gasteiger partial charge in [-0.15, -0.1) is 0 Å². The molecule has 2 aromatic carbocycles. The van der Waals surface area contributed by atoms with Crippen LogP contribution in [0.4, 0.5) is 0 Å². The van der Waals surface area contributed by atoms with Crippen LogP contribution in [-0.2, 0) is 15.3 Å². The average molecular weight is 482 g/mol. The Morgan fingerprint density at radius 1 is 1.07 bits per heavy atom. The largest absolute Gasteiger partial charge is 0.443 e. The summed E-state index contributed by atoms with van der Waals surface area (Å²) in [4.78, 5) is 0. The monoisotopic (exact) mass is 480 g/mol. The second-order valence-electron chi connectivity index (χ2n) is 7.33. The molecule has 0 saturated carbocycles. The first-order valence-electron chi connectivity index (χ1n) is 9.02. The first-order valence-corrected chi connectivity index (χ1v) is 10.2. The van der Waals surface area contributed by atoms with Crippen molar-refractivity contribution >= 4 is 33.4 Å². The molecule has 2 heterocycles. The van der Waals surface area contributed by atoms with E-state index >= 15 is 0 Å². The zero-order chi connectivity index (χ0) is 21.7. The maximum absolute atomic E-state index is 10.3. The molecule has 2 aliphatic rings. The van der Waals surface area contributed by atoms with Crippen molar-refractivity contribution in [3.05, 3.63) is 69.2 Å². The van der Waals surface area contributed by atoms with Gasteiger partial charge in [0.25, 0.3) is 0 Å². The number of ether oxygens (including phenoxy) is 2. The number of nitriles is 3. The van der Waals surface area contributed by atoms with E-state index in [2.05, 4.69) is 22.0 Å². The van der Waals surface area contributed by atoms with E-state index in [0.717, 1.165) is 4.47 Å². The van der Waals surface area contributed by atoms with Gasteiger partial charge in [0, 0.05) is 15.1 Å². The van der Waals surface area contributed by atoms with E-state index in [1.807, 2.05) is 12.1 Å². The van der Waals surface area contributed by atoms with Crippen molar-refractivity contribution in [2.45, 2.75) is 18.8 Å². The van der Waals surface area contributed by atoms with E-state index < -0.39 is 34.5 Å². The first kappa shape index (κ1) is 20.4. The average Bonchev–Trinajstić information content (AvgIpc) is 2.91. The molecule has 2 aromatic rings. The molecule has 4 unspecified atom stereocenters. The van der Waals surface area contributed by atoms with Crippen molar-refractivity contribution in [3.8, 4) is 18.2 Å². The number of nitrogens with one attached hydrogen (secondary N) is 1. The Labute approximate surface area is 186 Å². The van der Waals surface area contributed by atoms with E-state index in [0.29, 0.717) is 16.1 Å². The summed E-state index contributed by atoms with van der Waals surface area (Å²) in [5, 5.41) is 39.6. The Morgan fingerprint density at radius 2 is 1.73 bits per heavy atom. The zero-order valence-corrected chi connectivity index (χ0v) is 18.0. The molecule has 2 bridgehead atoms. The minimum absolute atomic E-state index is 0.430. The lowest BCUT2D eigenvalue weighted by Crippen LogP contribution is -2.57. The first-order chi connectivity index (χ1) is 14.3. The third kappa shape index (κ3) is 2.33. The molecule has 4 rings (SSSR count). The predicted octanol–water partition coefficient (Wildman–Crippen LogP) is 5.21. The predicted molar refractivity (Wildman–Crippen MR) is 111 cm³/mol. The molecule has 6 nitrogen and oxygen atoms in total. The Bertz CT molecular complexity index is 1170. The van der Waals surface area contributed by atoms with Crippen LogP contribution in [0.15, 0.2) is 53.0 Å². The van der Waals surface area contributed by atoms with Crippen molar-refractivity contribution in [2.24, 2.45) is 16.7 Å². The van der Waals surface area contributed by atoms with Crippen molar-refractivity contribution < 1.29 is 9.47 Å². The van der Waals surface area contributed by atoms with Gasteiger partial charge >= 0.3 is 0 Å². The molecular weight excluding hydrogens is 468 g/mol. The molecule has 148 valence electrons. The lowest BCUT2D eigenvalue weighted by atomic mass is 9.53. The highest BCUT2D eigenvalue weighted by Gasteiger charge is 2.79. The highest BCUT2D eigenvalue weighted by Crippen LogP contribution is 2.69. The SMILES string of the molecule is CC1C2(c3cccc(Cl)c3)OC(=N)C1(C#N)C(C#N)(C#N)C(c1ccc(Br)cc1)O2. The van der Waals surface area contributed by atoms with Crippen LogP contribution in [0.3, 0.4) is 0 Å². The number of halogens is 2. The molecule has 2 saturated heterocycles. The Morgan fingerprint density at radius 3 is 2.30 bits per heavy atom. The van der Waals surface area contributed by atoms with E-state index in [4.69, 9.17) is 26.5 Å². The van der Waals surface area contributed by atoms with Crippen LogP contribution >= 0.6 is 27.5 Å². The van der Waals surface area contributed by atoms with Gasteiger partial charge in [-0.1, -0.05) is 58.7 Å². The third-order valence-electron chi connectivity index (χ3n) is 6.07. The van der Waals surface area contributed by atoms with Crippen LogP contribution in [0.5, 0.6) is 0 Å². The number of nitrogens with zero attached hydrogens (tertiary/aromatic N) is 3. The van der Waals surface area contributed by atoms with Gasteiger partial charge in [0.15, 0.2) is 5.41 Å². The molecule has 8 heteroatoms. The molecule has 0 amide bonds. The summed E-state index contributed by atoms with van der Waals surface area (Å²) >= 11 is 9.56. The molecule has 0 radical (unpaired) electrons. The van der Waals surface area contributed by atoms with Gasteiger partial charge in [-0.2, -0.15) is 15.8 Å². The lowest BCUT2D eigenvalue weighted by molar-refractivity contribution is -0.288. The Hall–Kier alpha value is -2.89. The fourth-order valence-corrected chi connectivity index (χ4v) is 4.97. The van der Waals surface area contributed by atoms with Crippen LogP contribution in [0.25, 0.3) is 0 Å². The molecule has 0 spiro atoms. The lowest BCUT2D eigenvalue weighted by Gasteiger charge is -2.48. The smallest absolute Gasteiger partial charge is 0.244 e. The van der Waals surface area contributed by atoms with Gasteiger partial charge in [0.05, 0.1) is 24.1 Å². The maximum atomic E-state index is 10.3. The van der Waals surface area contributed by atoms with Crippen LogP contribution in [0.1, 0.15) is 24.2 Å². The van der Waals surface area contributed by atoms with Crippen LogP contribution < -0.4 is 0 Å². The fraction of sp³-hybridized carbons (Fsp3) is 0.273. The Kier molecular flexibility index (Phi) is 4.64. The van der Waals surface area contributed by atoms with E-state index in [-0.39, 0.29) is 0 Å². The van der Waals surface area contributed by atoms with Crippen molar-refractivity contribution in [2.75, 3.05) is 0 Å². The van der Waals surface area contributed by atoms with Crippen LogP contribution in [0, 0.1) is 56.2 Å². The topological polar surface area (TPSA) is 114 Å².